The number of amides is 1. The zero-order chi connectivity index (χ0) is 19.4. The van der Waals surface area contributed by atoms with Crippen LogP contribution in [0.2, 0.25) is 0 Å². The van der Waals surface area contributed by atoms with Crippen LogP contribution < -0.4 is 15.1 Å². The van der Waals surface area contributed by atoms with Crippen molar-refractivity contribution in [1.82, 2.24) is 5.32 Å². The molecule has 0 radical (unpaired) electrons. The maximum absolute atomic E-state index is 12.5. The number of hydrogen-bond acceptors (Lipinski definition) is 4. The third-order valence-electron chi connectivity index (χ3n) is 6.36. The van der Waals surface area contributed by atoms with Crippen LogP contribution in [0.3, 0.4) is 0 Å². The van der Waals surface area contributed by atoms with E-state index in [1.165, 1.54) is 17.7 Å². The van der Waals surface area contributed by atoms with Gasteiger partial charge in [0.05, 0.1) is 31.1 Å². The highest BCUT2D eigenvalue weighted by Crippen LogP contribution is 2.29. The summed E-state index contributed by atoms with van der Waals surface area (Å²) in [5.41, 5.74) is 1.13. The third-order valence-corrected chi connectivity index (χ3v) is 6.36. The summed E-state index contributed by atoms with van der Waals surface area (Å²) >= 11 is 0. The molecule has 0 bridgehead atoms. The lowest BCUT2D eigenvalue weighted by molar-refractivity contribution is -0.892. The fraction of sp³-hybridized carbons (Fsp3) is 0.650. The number of hydrogen-bond donors (Lipinski definition) is 2. The molecule has 0 aromatic heterocycles. The van der Waals surface area contributed by atoms with Crippen LogP contribution in [0.5, 0.6) is 0 Å². The lowest BCUT2D eigenvalue weighted by Crippen LogP contribution is -3.16. The first-order valence-corrected chi connectivity index (χ1v) is 10.1. The largest absolute Gasteiger partial charge is 0.360 e. The van der Waals surface area contributed by atoms with Gasteiger partial charge in [0.1, 0.15) is 0 Å². The molecule has 3 rings (SSSR count). The summed E-state index contributed by atoms with van der Waals surface area (Å²) in [5.74, 6) is 1.40. The van der Waals surface area contributed by atoms with Crippen LogP contribution in [0.25, 0.3) is 0 Å². The van der Waals surface area contributed by atoms with Gasteiger partial charge in [-0.1, -0.05) is 26.7 Å². The Kier molecular flexibility index (Phi) is 6.31. The van der Waals surface area contributed by atoms with Crippen LogP contribution in [0.15, 0.2) is 24.3 Å². The second kappa shape index (κ2) is 8.69. The molecule has 1 saturated heterocycles. The Morgan fingerprint density at radius 2 is 1.89 bits per heavy atom. The second-order valence-electron chi connectivity index (χ2n) is 8.13. The van der Waals surface area contributed by atoms with E-state index in [0.29, 0.717) is 24.4 Å². The van der Waals surface area contributed by atoms with Gasteiger partial charge in [0.25, 0.3) is 11.6 Å². The number of carbonyl (C=O) groups excluding carboxylic acids is 1. The first kappa shape index (κ1) is 19.6. The maximum atomic E-state index is 12.5. The lowest BCUT2D eigenvalue weighted by Gasteiger charge is -2.36. The van der Waals surface area contributed by atoms with Gasteiger partial charge in [-0.05, 0) is 30.4 Å². The number of nitro groups is 1. The standard InChI is InChI=1S/C20H30N4O3/c1-15-4-3-5-19(16(15)2)21-20(25)14-22-10-12-23(13-11-22)17-6-8-18(9-7-17)24(26)27/h6-9,15-16,19H,3-5,10-14H2,1-2H3,(H,21,25)/p+1/t15-,16+,19+/m0/s1. The minimum Gasteiger partial charge on any atom is -0.360 e. The zero-order valence-corrected chi connectivity index (χ0v) is 16.3. The number of piperazine rings is 1. The van der Waals surface area contributed by atoms with Gasteiger partial charge >= 0.3 is 0 Å². The smallest absolute Gasteiger partial charge is 0.275 e. The molecule has 2 aliphatic rings. The summed E-state index contributed by atoms with van der Waals surface area (Å²) in [6.07, 6.45) is 3.57. The highest BCUT2D eigenvalue weighted by Gasteiger charge is 2.29. The summed E-state index contributed by atoms with van der Waals surface area (Å²) in [4.78, 5) is 26.4. The Bertz CT molecular complexity index is 656. The Labute approximate surface area is 160 Å². The number of anilines is 1. The molecule has 1 heterocycles. The number of nitro benzene ring substituents is 1. The molecule has 7 nitrogen and oxygen atoms in total. The molecule has 1 amide bonds. The van der Waals surface area contributed by atoms with Crippen molar-refractivity contribution in [2.75, 3.05) is 37.6 Å². The van der Waals surface area contributed by atoms with Crippen LogP contribution in [0.4, 0.5) is 11.4 Å². The number of non-ortho nitro benzene ring substituents is 1. The molecule has 2 fully saturated rings. The van der Waals surface area contributed by atoms with Gasteiger partial charge in [0.15, 0.2) is 6.54 Å². The molecule has 1 aromatic carbocycles. The SMILES string of the molecule is C[C@@H]1[C@@H](C)CCC[C@H]1NC(=O)C[NH+]1CCN(c2ccc([N+](=O)[O-])cc2)CC1. The summed E-state index contributed by atoms with van der Waals surface area (Å²) < 4.78 is 0. The Balaban J connectivity index is 1.45. The molecule has 1 aliphatic carbocycles. The summed E-state index contributed by atoms with van der Waals surface area (Å²) in [5, 5.41) is 14.0. The predicted molar refractivity (Wildman–Crippen MR) is 105 cm³/mol. The van der Waals surface area contributed by atoms with E-state index < -0.39 is 0 Å². The summed E-state index contributed by atoms with van der Waals surface area (Å²) in [6.45, 7) is 8.60. The number of rotatable bonds is 5. The van der Waals surface area contributed by atoms with Gasteiger partial charge in [0.2, 0.25) is 0 Å². The lowest BCUT2D eigenvalue weighted by atomic mass is 9.78. The average molecular weight is 375 g/mol. The number of carbonyl (C=O) groups is 1. The average Bonchev–Trinajstić information content (AvgIpc) is 2.66. The molecule has 3 atom stereocenters. The van der Waals surface area contributed by atoms with Crippen molar-refractivity contribution < 1.29 is 14.6 Å². The van der Waals surface area contributed by atoms with Crippen LogP contribution >= 0.6 is 0 Å². The molecular weight excluding hydrogens is 344 g/mol. The zero-order valence-electron chi connectivity index (χ0n) is 16.3. The maximum Gasteiger partial charge on any atom is 0.275 e. The fourth-order valence-corrected chi connectivity index (χ4v) is 4.31. The van der Waals surface area contributed by atoms with E-state index in [1.54, 1.807) is 12.1 Å². The Morgan fingerprint density at radius 3 is 2.52 bits per heavy atom. The minimum atomic E-state index is -0.377. The van der Waals surface area contributed by atoms with Gasteiger partial charge in [-0.2, -0.15) is 0 Å². The Morgan fingerprint density at radius 1 is 1.22 bits per heavy atom. The van der Waals surface area contributed by atoms with Crippen molar-refractivity contribution in [2.45, 2.75) is 39.2 Å². The van der Waals surface area contributed by atoms with E-state index in [4.69, 9.17) is 0 Å². The van der Waals surface area contributed by atoms with Crippen molar-refractivity contribution in [2.24, 2.45) is 11.8 Å². The van der Waals surface area contributed by atoms with Crippen molar-refractivity contribution in [1.29, 1.82) is 0 Å². The summed E-state index contributed by atoms with van der Waals surface area (Å²) in [7, 11) is 0. The van der Waals surface area contributed by atoms with E-state index in [9.17, 15) is 14.9 Å². The highest BCUT2D eigenvalue weighted by atomic mass is 16.6. The summed E-state index contributed by atoms with van der Waals surface area (Å²) in [6, 6.07) is 7.04. The van der Waals surface area contributed by atoms with Crippen LogP contribution in [-0.4, -0.2) is 49.6 Å². The molecule has 7 heteroatoms. The van der Waals surface area contributed by atoms with Crippen molar-refractivity contribution in [3.63, 3.8) is 0 Å². The number of quaternary nitrogens is 1. The monoisotopic (exact) mass is 375 g/mol. The van der Waals surface area contributed by atoms with E-state index in [1.807, 2.05) is 12.1 Å². The quantitative estimate of drug-likeness (QED) is 0.599. The van der Waals surface area contributed by atoms with Crippen LogP contribution in [0, 0.1) is 22.0 Å². The second-order valence-corrected chi connectivity index (χ2v) is 8.13. The van der Waals surface area contributed by atoms with Gasteiger partial charge in [0, 0.05) is 23.9 Å². The van der Waals surface area contributed by atoms with E-state index in [-0.39, 0.29) is 16.5 Å². The molecule has 1 saturated carbocycles. The van der Waals surface area contributed by atoms with Gasteiger partial charge in [-0.25, -0.2) is 0 Å². The number of nitrogens with zero attached hydrogens (tertiary/aromatic N) is 2. The molecule has 1 aliphatic heterocycles. The fourth-order valence-electron chi connectivity index (χ4n) is 4.31. The normalized spacial score (nSPS) is 26.6. The predicted octanol–water partition coefficient (Wildman–Crippen LogP) is 1.24. The van der Waals surface area contributed by atoms with Crippen molar-refractivity contribution in [3.8, 4) is 0 Å². The van der Waals surface area contributed by atoms with Gasteiger partial charge in [-0.15, -0.1) is 0 Å². The van der Waals surface area contributed by atoms with Crippen molar-refractivity contribution >= 4 is 17.3 Å². The molecule has 27 heavy (non-hydrogen) atoms. The first-order valence-electron chi connectivity index (χ1n) is 10.1. The van der Waals surface area contributed by atoms with Gasteiger partial charge < -0.3 is 15.1 Å². The minimum absolute atomic E-state index is 0.117. The Hall–Kier alpha value is -2.15. The topological polar surface area (TPSA) is 79.9 Å². The van der Waals surface area contributed by atoms with Crippen LogP contribution in [0.1, 0.15) is 33.1 Å². The molecule has 148 valence electrons. The van der Waals surface area contributed by atoms with E-state index >= 15 is 0 Å². The molecule has 0 unspecified atom stereocenters. The van der Waals surface area contributed by atoms with Crippen LogP contribution in [-0.2, 0) is 4.79 Å². The molecule has 1 aromatic rings. The van der Waals surface area contributed by atoms with E-state index in [2.05, 4.69) is 24.1 Å². The molecule has 2 N–H and O–H groups in total. The highest BCUT2D eigenvalue weighted by molar-refractivity contribution is 5.77. The van der Waals surface area contributed by atoms with E-state index in [0.717, 1.165) is 38.3 Å². The molecular formula is C20H31N4O3+. The van der Waals surface area contributed by atoms with Gasteiger partial charge in [-0.3, -0.25) is 14.9 Å². The number of nitrogens with one attached hydrogen (secondary N) is 2. The first-order chi connectivity index (χ1) is 12.9. The third kappa shape index (κ3) is 4.97. The van der Waals surface area contributed by atoms with Crippen molar-refractivity contribution in [3.05, 3.63) is 34.4 Å². The molecule has 0 spiro atoms. The number of benzene rings is 1.